The Kier molecular flexibility index (Phi) is 3.20. The molecule has 0 spiro atoms. The van der Waals surface area contributed by atoms with Crippen LogP contribution < -0.4 is 5.73 Å². The summed E-state index contributed by atoms with van der Waals surface area (Å²) in [6.45, 7) is 7.52. The van der Waals surface area contributed by atoms with E-state index in [1.165, 1.54) is 0 Å². The summed E-state index contributed by atoms with van der Waals surface area (Å²) >= 11 is 0. The number of rotatable bonds is 2. The Labute approximate surface area is 110 Å². The van der Waals surface area contributed by atoms with Gasteiger partial charge in [0.15, 0.2) is 11.7 Å². The number of oxime groups is 1. The van der Waals surface area contributed by atoms with Crippen molar-refractivity contribution in [3.05, 3.63) is 34.5 Å². The van der Waals surface area contributed by atoms with Crippen molar-refractivity contribution < 1.29 is 5.21 Å². The Balaban J connectivity index is 2.78. The molecule has 100 valence electrons. The molecule has 0 aliphatic rings. The molecule has 0 saturated heterocycles. The van der Waals surface area contributed by atoms with Crippen molar-refractivity contribution in [3.63, 3.8) is 0 Å². The van der Waals surface area contributed by atoms with Crippen LogP contribution in [0, 0.1) is 27.7 Å². The number of imidazole rings is 1. The molecule has 0 aliphatic carbocycles. The van der Waals surface area contributed by atoms with Crippen LogP contribution in [-0.4, -0.2) is 30.8 Å². The van der Waals surface area contributed by atoms with E-state index in [-0.39, 0.29) is 5.84 Å². The van der Waals surface area contributed by atoms with E-state index in [2.05, 4.69) is 20.3 Å². The molecule has 0 aliphatic heterocycles. The van der Waals surface area contributed by atoms with Crippen molar-refractivity contribution in [2.75, 3.05) is 0 Å². The number of nitrogens with zero attached hydrogens (tertiary/aromatic N) is 5. The molecule has 0 bridgehead atoms. The molecular weight excluding hydrogens is 244 g/mol. The lowest BCUT2D eigenvalue weighted by atomic mass is 10.1. The van der Waals surface area contributed by atoms with Crippen LogP contribution in [0.15, 0.2) is 11.5 Å². The molecule has 7 nitrogen and oxygen atoms in total. The van der Waals surface area contributed by atoms with Crippen LogP contribution >= 0.6 is 0 Å². The summed E-state index contributed by atoms with van der Waals surface area (Å²) < 4.78 is 1.78. The summed E-state index contributed by atoms with van der Waals surface area (Å²) in [6, 6.07) is 0. The van der Waals surface area contributed by atoms with Crippen molar-refractivity contribution in [3.8, 4) is 5.82 Å². The van der Waals surface area contributed by atoms with E-state index in [1.807, 2.05) is 27.7 Å². The largest absolute Gasteiger partial charge is 0.409 e. The lowest BCUT2D eigenvalue weighted by Gasteiger charge is -2.13. The van der Waals surface area contributed by atoms with Gasteiger partial charge in [-0.1, -0.05) is 5.16 Å². The third-order valence-corrected chi connectivity index (χ3v) is 3.28. The second-order valence-corrected chi connectivity index (χ2v) is 4.38. The highest BCUT2D eigenvalue weighted by atomic mass is 16.4. The molecule has 2 aromatic heterocycles. The molecule has 3 N–H and O–H groups in total. The predicted octanol–water partition coefficient (Wildman–Crippen LogP) is 0.990. The minimum absolute atomic E-state index is 0.0104. The minimum atomic E-state index is 0.0104. The molecule has 0 unspecified atom stereocenters. The maximum absolute atomic E-state index is 8.94. The molecule has 0 radical (unpaired) electrons. The van der Waals surface area contributed by atoms with Gasteiger partial charge in [-0.15, -0.1) is 5.10 Å². The lowest BCUT2D eigenvalue weighted by molar-refractivity contribution is 0.318. The van der Waals surface area contributed by atoms with Crippen LogP contribution in [0.25, 0.3) is 5.82 Å². The molecule has 0 atom stereocenters. The fourth-order valence-electron chi connectivity index (χ4n) is 1.83. The normalized spacial score (nSPS) is 11.9. The van der Waals surface area contributed by atoms with Crippen molar-refractivity contribution >= 4 is 5.84 Å². The van der Waals surface area contributed by atoms with Gasteiger partial charge in [0.2, 0.25) is 0 Å². The van der Waals surface area contributed by atoms with Gasteiger partial charge < -0.3 is 10.9 Å². The van der Waals surface area contributed by atoms with Gasteiger partial charge in [0.05, 0.1) is 17.0 Å². The number of nitrogens with two attached hydrogens (primary N) is 1. The highest BCUT2D eigenvalue weighted by Crippen LogP contribution is 2.20. The van der Waals surface area contributed by atoms with Crippen LogP contribution in [-0.2, 0) is 0 Å². The second kappa shape index (κ2) is 4.68. The van der Waals surface area contributed by atoms with Crippen LogP contribution in [0.2, 0.25) is 0 Å². The maximum atomic E-state index is 8.94. The molecule has 7 heteroatoms. The van der Waals surface area contributed by atoms with E-state index in [0.717, 1.165) is 22.6 Å². The quantitative estimate of drug-likeness (QED) is 0.363. The molecule has 2 aromatic rings. The van der Waals surface area contributed by atoms with E-state index in [9.17, 15) is 0 Å². The highest BCUT2D eigenvalue weighted by Gasteiger charge is 2.18. The summed E-state index contributed by atoms with van der Waals surface area (Å²) in [4.78, 5) is 4.22. The number of aryl methyl sites for hydroxylation is 2. The first-order valence-electron chi connectivity index (χ1n) is 5.80. The molecule has 2 rings (SSSR count). The van der Waals surface area contributed by atoms with E-state index in [0.29, 0.717) is 11.4 Å². The van der Waals surface area contributed by atoms with Crippen LogP contribution in [0.1, 0.15) is 28.2 Å². The summed E-state index contributed by atoms with van der Waals surface area (Å²) in [6.07, 6.45) is 1.65. The topological polar surface area (TPSA) is 102 Å². The maximum Gasteiger partial charge on any atom is 0.174 e. The van der Waals surface area contributed by atoms with Crippen molar-refractivity contribution in [1.82, 2.24) is 19.7 Å². The van der Waals surface area contributed by atoms with Gasteiger partial charge in [0.25, 0.3) is 0 Å². The average Bonchev–Trinajstić information content (AvgIpc) is 2.72. The Morgan fingerprint density at radius 1 is 1.21 bits per heavy atom. The summed E-state index contributed by atoms with van der Waals surface area (Å²) in [5.41, 5.74) is 9.71. The molecule has 0 aromatic carbocycles. The first kappa shape index (κ1) is 13.0. The van der Waals surface area contributed by atoms with Gasteiger partial charge in [0, 0.05) is 5.69 Å². The van der Waals surface area contributed by atoms with Crippen molar-refractivity contribution in [2.45, 2.75) is 27.7 Å². The Hall–Kier alpha value is -2.44. The SMILES string of the molecule is Cc1nnc(-n2cnc(C)c2C)c(C(N)=NO)c1C. The zero-order valence-electron chi connectivity index (χ0n) is 11.3. The van der Waals surface area contributed by atoms with Gasteiger partial charge >= 0.3 is 0 Å². The number of amidine groups is 1. The first-order chi connectivity index (χ1) is 8.97. The van der Waals surface area contributed by atoms with Crippen LogP contribution in [0.5, 0.6) is 0 Å². The van der Waals surface area contributed by atoms with Gasteiger partial charge in [-0.25, -0.2) is 4.98 Å². The van der Waals surface area contributed by atoms with Crippen LogP contribution in [0.4, 0.5) is 0 Å². The summed E-state index contributed by atoms with van der Waals surface area (Å²) in [7, 11) is 0. The lowest BCUT2D eigenvalue weighted by Crippen LogP contribution is -2.21. The number of hydrogen-bond donors (Lipinski definition) is 2. The Morgan fingerprint density at radius 3 is 2.42 bits per heavy atom. The van der Waals surface area contributed by atoms with Crippen LogP contribution in [0.3, 0.4) is 0 Å². The van der Waals surface area contributed by atoms with Crippen molar-refractivity contribution in [2.24, 2.45) is 10.9 Å². The molecule has 2 heterocycles. The molecular formula is C12H16N6O. The standard InChI is InChI=1S/C12H16N6O/c1-6-7(2)15-16-12(10(6)11(13)17-19)18-5-14-8(3)9(18)4/h5,19H,1-4H3,(H2,13,17). The zero-order valence-corrected chi connectivity index (χ0v) is 11.3. The minimum Gasteiger partial charge on any atom is -0.409 e. The molecule has 0 amide bonds. The Morgan fingerprint density at radius 2 is 1.89 bits per heavy atom. The Bertz CT molecular complexity index is 658. The molecule has 0 saturated carbocycles. The molecule has 0 fully saturated rings. The molecule has 19 heavy (non-hydrogen) atoms. The number of hydrogen-bond acceptors (Lipinski definition) is 5. The van der Waals surface area contributed by atoms with Crippen molar-refractivity contribution in [1.29, 1.82) is 0 Å². The number of aromatic nitrogens is 4. The van der Waals surface area contributed by atoms with E-state index in [1.54, 1.807) is 10.9 Å². The third-order valence-electron chi connectivity index (χ3n) is 3.28. The first-order valence-corrected chi connectivity index (χ1v) is 5.80. The van der Waals surface area contributed by atoms with Gasteiger partial charge in [0.1, 0.15) is 6.33 Å². The summed E-state index contributed by atoms with van der Waals surface area (Å²) in [5, 5.41) is 20.3. The van der Waals surface area contributed by atoms with E-state index in [4.69, 9.17) is 10.9 Å². The fraction of sp³-hybridized carbons (Fsp3) is 0.333. The smallest absolute Gasteiger partial charge is 0.174 e. The highest BCUT2D eigenvalue weighted by molar-refractivity contribution is 6.01. The van der Waals surface area contributed by atoms with Gasteiger partial charge in [-0.05, 0) is 33.3 Å². The second-order valence-electron chi connectivity index (χ2n) is 4.38. The summed E-state index contributed by atoms with van der Waals surface area (Å²) in [5.74, 6) is 0.521. The predicted molar refractivity (Wildman–Crippen MR) is 70.6 cm³/mol. The average molecular weight is 260 g/mol. The monoisotopic (exact) mass is 260 g/mol. The van der Waals surface area contributed by atoms with Gasteiger partial charge in [-0.2, -0.15) is 5.10 Å². The van der Waals surface area contributed by atoms with E-state index < -0.39 is 0 Å². The fourth-order valence-corrected chi connectivity index (χ4v) is 1.83. The zero-order chi connectivity index (χ0) is 14.2. The van der Waals surface area contributed by atoms with Gasteiger partial charge in [-0.3, -0.25) is 4.57 Å². The van der Waals surface area contributed by atoms with E-state index >= 15 is 0 Å². The third kappa shape index (κ3) is 2.03.